The number of aromatic nitrogens is 2. The van der Waals surface area contributed by atoms with Crippen LogP contribution in [-0.2, 0) is 22.6 Å². The molecule has 2 aromatic rings. The molecule has 2 fully saturated rings. The second-order valence-electron chi connectivity index (χ2n) is 8.40. The third-order valence-corrected chi connectivity index (χ3v) is 7.16. The second-order valence-corrected chi connectivity index (χ2v) is 10.4. The average Bonchev–Trinajstić information content (AvgIpc) is 3.13. The number of halogens is 4. The first-order chi connectivity index (χ1) is 15.9. The molecule has 2 aliphatic heterocycles. The molecule has 2 aromatic heterocycles. The largest absolute Gasteiger partial charge is 0.417 e. The maximum absolute atomic E-state index is 14.3. The summed E-state index contributed by atoms with van der Waals surface area (Å²) in [6.45, 7) is 1.97. The molecule has 0 spiro atoms. The Balaban J connectivity index is 1.34. The molecule has 2 aliphatic rings. The van der Waals surface area contributed by atoms with Gasteiger partial charge < -0.3 is 14.7 Å². The SMILES string of the molecule is CS(=O)(=O)c1ccc(CN2CCN(C3CCN(c4ncc(C(F)(F)F)cc4F)CC3)C2=O)nc1. The fourth-order valence-electron chi connectivity index (χ4n) is 4.21. The number of nitrogens with zero attached hydrogens (tertiary/aromatic N) is 5. The molecule has 2 saturated heterocycles. The van der Waals surface area contributed by atoms with Gasteiger partial charge in [-0.05, 0) is 31.0 Å². The molecule has 4 rings (SSSR count). The third-order valence-electron chi connectivity index (χ3n) is 6.06. The van der Waals surface area contributed by atoms with E-state index in [4.69, 9.17) is 0 Å². The zero-order valence-electron chi connectivity index (χ0n) is 18.3. The number of urea groups is 1. The molecule has 4 heterocycles. The summed E-state index contributed by atoms with van der Waals surface area (Å²) in [5.41, 5.74) is -0.562. The quantitative estimate of drug-likeness (QED) is 0.586. The van der Waals surface area contributed by atoms with Gasteiger partial charge in [-0.25, -0.2) is 22.6 Å². The molecule has 0 unspecified atom stereocenters. The monoisotopic (exact) mass is 501 g/mol. The van der Waals surface area contributed by atoms with Crippen molar-refractivity contribution in [1.82, 2.24) is 19.8 Å². The molecule has 13 heteroatoms. The summed E-state index contributed by atoms with van der Waals surface area (Å²) in [6, 6.07) is 3.25. The lowest BCUT2D eigenvalue weighted by atomic mass is 10.0. The summed E-state index contributed by atoms with van der Waals surface area (Å²) < 4.78 is 75.6. The molecule has 34 heavy (non-hydrogen) atoms. The van der Waals surface area contributed by atoms with Gasteiger partial charge in [0.15, 0.2) is 21.5 Å². The number of rotatable bonds is 5. The van der Waals surface area contributed by atoms with Gasteiger partial charge >= 0.3 is 12.2 Å². The van der Waals surface area contributed by atoms with E-state index in [1.807, 2.05) is 0 Å². The van der Waals surface area contributed by atoms with Crippen LogP contribution in [0.25, 0.3) is 0 Å². The van der Waals surface area contributed by atoms with E-state index in [1.54, 1.807) is 20.8 Å². The van der Waals surface area contributed by atoms with Crippen LogP contribution >= 0.6 is 0 Å². The Bertz CT molecular complexity index is 1170. The van der Waals surface area contributed by atoms with Gasteiger partial charge in [0.25, 0.3) is 0 Å². The lowest BCUT2D eigenvalue weighted by molar-refractivity contribution is -0.138. The molecule has 0 aromatic carbocycles. The van der Waals surface area contributed by atoms with Gasteiger partial charge in [-0.1, -0.05) is 0 Å². The van der Waals surface area contributed by atoms with Crippen molar-refractivity contribution in [3.8, 4) is 0 Å². The van der Waals surface area contributed by atoms with Crippen molar-refractivity contribution in [2.24, 2.45) is 0 Å². The Morgan fingerprint density at radius 1 is 1.06 bits per heavy atom. The Labute approximate surface area is 194 Å². The van der Waals surface area contributed by atoms with Gasteiger partial charge in [0, 0.05) is 50.9 Å². The Kier molecular flexibility index (Phi) is 6.40. The van der Waals surface area contributed by atoms with Crippen LogP contribution in [0.2, 0.25) is 0 Å². The zero-order chi connectivity index (χ0) is 24.7. The molecule has 8 nitrogen and oxygen atoms in total. The normalized spacial score (nSPS) is 18.1. The molecular weight excluding hydrogens is 478 g/mol. The number of pyridine rings is 2. The smallest absolute Gasteiger partial charge is 0.354 e. The average molecular weight is 502 g/mol. The van der Waals surface area contributed by atoms with Gasteiger partial charge in [0.1, 0.15) is 0 Å². The maximum Gasteiger partial charge on any atom is 0.417 e. The van der Waals surface area contributed by atoms with Crippen molar-refractivity contribution in [3.05, 3.63) is 47.7 Å². The van der Waals surface area contributed by atoms with Crippen LogP contribution < -0.4 is 4.90 Å². The minimum absolute atomic E-state index is 0.0770. The predicted octanol–water partition coefficient (Wildman–Crippen LogP) is 2.94. The van der Waals surface area contributed by atoms with Crippen molar-refractivity contribution in [3.63, 3.8) is 0 Å². The number of anilines is 1. The first-order valence-electron chi connectivity index (χ1n) is 10.6. The van der Waals surface area contributed by atoms with Gasteiger partial charge in [-0.2, -0.15) is 13.2 Å². The van der Waals surface area contributed by atoms with Crippen LogP contribution in [0.5, 0.6) is 0 Å². The van der Waals surface area contributed by atoms with Crippen LogP contribution in [0.1, 0.15) is 24.1 Å². The first-order valence-corrected chi connectivity index (χ1v) is 12.5. The van der Waals surface area contributed by atoms with Crippen LogP contribution in [0, 0.1) is 5.82 Å². The van der Waals surface area contributed by atoms with Crippen molar-refractivity contribution < 1.29 is 30.8 Å². The molecule has 2 amide bonds. The number of hydrogen-bond donors (Lipinski definition) is 0. The molecule has 0 radical (unpaired) electrons. The van der Waals surface area contributed by atoms with E-state index in [2.05, 4.69) is 9.97 Å². The van der Waals surface area contributed by atoms with Crippen molar-refractivity contribution in [1.29, 1.82) is 0 Å². The van der Waals surface area contributed by atoms with E-state index >= 15 is 0 Å². The summed E-state index contributed by atoms with van der Waals surface area (Å²) in [4.78, 5) is 25.8. The minimum atomic E-state index is -4.66. The summed E-state index contributed by atoms with van der Waals surface area (Å²) in [5.74, 6) is -1.14. The van der Waals surface area contributed by atoms with Gasteiger partial charge in [-0.15, -0.1) is 0 Å². The Morgan fingerprint density at radius 2 is 1.76 bits per heavy atom. The fraction of sp³-hybridized carbons (Fsp3) is 0.476. The number of amides is 2. The number of alkyl halides is 3. The van der Waals surface area contributed by atoms with Gasteiger partial charge in [-0.3, -0.25) is 4.98 Å². The molecule has 0 saturated carbocycles. The standard InChI is InChI=1S/C21H23F4N5O3S/c1-34(32,33)17-3-2-15(26-12-17)13-29-8-9-30(20(29)31)16-4-6-28(7-5-16)19-18(22)10-14(11-27-19)21(23,24)25/h2-3,10-12,16H,4-9,13H2,1H3. The van der Waals surface area contributed by atoms with Crippen LogP contribution in [0.15, 0.2) is 35.5 Å². The number of piperidine rings is 1. The molecule has 0 aliphatic carbocycles. The summed E-state index contributed by atoms with van der Waals surface area (Å²) in [7, 11) is -3.35. The summed E-state index contributed by atoms with van der Waals surface area (Å²) in [6.07, 6.45) is -0.604. The highest BCUT2D eigenvalue weighted by Crippen LogP contribution is 2.32. The third kappa shape index (κ3) is 5.08. The Hall–Kier alpha value is -2.96. The zero-order valence-corrected chi connectivity index (χ0v) is 19.1. The number of carbonyl (C=O) groups excluding carboxylic acids is 1. The molecule has 0 atom stereocenters. The van der Waals surface area contributed by atoms with E-state index < -0.39 is 27.4 Å². The van der Waals surface area contributed by atoms with Gasteiger partial charge in [0.05, 0.1) is 22.7 Å². The summed E-state index contributed by atoms with van der Waals surface area (Å²) in [5, 5.41) is 0. The van der Waals surface area contributed by atoms with E-state index in [0.29, 0.717) is 57.0 Å². The maximum atomic E-state index is 14.3. The predicted molar refractivity (Wildman–Crippen MR) is 114 cm³/mol. The lowest BCUT2D eigenvalue weighted by Gasteiger charge is -2.37. The number of sulfone groups is 1. The molecular formula is C21H23F4N5O3S. The number of carbonyl (C=O) groups is 1. The fourth-order valence-corrected chi connectivity index (χ4v) is 4.77. The minimum Gasteiger partial charge on any atom is -0.354 e. The topological polar surface area (TPSA) is 86.7 Å². The highest BCUT2D eigenvalue weighted by molar-refractivity contribution is 7.90. The van der Waals surface area contributed by atoms with Crippen LogP contribution in [0.4, 0.5) is 28.2 Å². The summed E-state index contributed by atoms with van der Waals surface area (Å²) >= 11 is 0. The lowest BCUT2D eigenvalue weighted by Crippen LogP contribution is -2.47. The van der Waals surface area contributed by atoms with Gasteiger partial charge in [0.2, 0.25) is 0 Å². The van der Waals surface area contributed by atoms with E-state index in [1.165, 1.54) is 12.3 Å². The van der Waals surface area contributed by atoms with E-state index in [-0.39, 0.29) is 29.3 Å². The number of hydrogen-bond acceptors (Lipinski definition) is 6. The molecule has 0 bridgehead atoms. The van der Waals surface area contributed by atoms with Crippen LogP contribution in [-0.4, -0.2) is 72.7 Å². The molecule has 0 N–H and O–H groups in total. The van der Waals surface area contributed by atoms with E-state index in [9.17, 15) is 30.8 Å². The second kappa shape index (κ2) is 9.01. The highest BCUT2D eigenvalue weighted by atomic mass is 32.2. The van der Waals surface area contributed by atoms with Crippen molar-refractivity contribution in [2.45, 2.75) is 36.5 Å². The Morgan fingerprint density at radius 3 is 2.32 bits per heavy atom. The molecule has 184 valence electrons. The van der Waals surface area contributed by atoms with Crippen molar-refractivity contribution >= 4 is 21.7 Å². The van der Waals surface area contributed by atoms with Crippen molar-refractivity contribution in [2.75, 3.05) is 37.3 Å². The van der Waals surface area contributed by atoms with E-state index in [0.717, 1.165) is 6.26 Å². The highest BCUT2D eigenvalue weighted by Gasteiger charge is 2.37. The first kappa shape index (κ1) is 24.2. The van der Waals surface area contributed by atoms with Crippen LogP contribution in [0.3, 0.4) is 0 Å².